The Labute approximate surface area is 155 Å². The summed E-state index contributed by atoms with van der Waals surface area (Å²) < 4.78 is 23.9. The summed E-state index contributed by atoms with van der Waals surface area (Å²) in [7, 11) is 0. The number of nitrogens with zero attached hydrogens (tertiary/aromatic N) is 5. The first-order valence-corrected chi connectivity index (χ1v) is 9.38. The molecular formula is C16H12FN5O2S2. The zero-order valence-electron chi connectivity index (χ0n) is 13.8. The van der Waals surface area contributed by atoms with Crippen LogP contribution in [0.25, 0.3) is 22.2 Å². The molecule has 0 fully saturated rings. The van der Waals surface area contributed by atoms with Gasteiger partial charge in [0.25, 0.3) is 11.1 Å². The Hall–Kier alpha value is -2.59. The van der Waals surface area contributed by atoms with Crippen molar-refractivity contribution in [3.05, 3.63) is 46.7 Å². The maximum absolute atomic E-state index is 13.0. The van der Waals surface area contributed by atoms with Crippen molar-refractivity contribution in [1.82, 2.24) is 25.3 Å². The lowest BCUT2D eigenvalue weighted by atomic mass is 10.2. The van der Waals surface area contributed by atoms with Crippen LogP contribution in [0.2, 0.25) is 0 Å². The van der Waals surface area contributed by atoms with E-state index in [0.29, 0.717) is 34.1 Å². The minimum atomic E-state index is -0.313. The van der Waals surface area contributed by atoms with Gasteiger partial charge in [-0.2, -0.15) is 4.98 Å². The molecule has 0 saturated heterocycles. The molecule has 0 aliphatic heterocycles. The van der Waals surface area contributed by atoms with Gasteiger partial charge in [0.2, 0.25) is 11.7 Å². The molecule has 3 heterocycles. The zero-order chi connectivity index (χ0) is 18.1. The quantitative estimate of drug-likeness (QED) is 0.467. The zero-order valence-corrected chi connectivity index (χ0v) is 15.4. The highest BCUT2D eigenvalue weighted by Gasteiger charge is 2.16. The smallest absolute Gasteiger partial charge is 0.277 e. The summed E-state index contributed by atoms with van der Waals surface area (Å²) in [5, 5.41) is 13.3. The lowest BCUT2D eigenvalue weighted by Gasteiger charge is -1.92. The molecule has 0 unspecified atom stereocenters. The van der Waals surface area contributed by atoms with E-state index in [4.69, 9.17) is 8.94 Å². The molecule has 0 N–H and O–H groups in total. The molecule has 4 rings (SSSR count). The molecule has 0 bridgehead atoms. The lowest BCUT2D eigenvalue weighted by molar-refractivity contribution is 0.391. The number of thiazole rings is 1. The number of aryl methyl sites for hydroxylation is 2. The van der Waals surface area contributed by atoms with Crippen LogP contribution in [0.15, 0.2) is 38.4 Å². The number of thioether (sulfide) groups is 1. The fraction of sp³-hybridized carbons (Fsp3) is 0.188. The molecule has 0 aliphatic carbocycles. The normalized spacial score (nSPS) is 11.2. The summed E-state index contributed by atoms with van der Waals surface area (Å²) in [6.07, 6.45) is 0. The molecule has 1 aromatic carbocycles. The van der Waals surface area contributed by atoms with Crippen LogP contribution in [0, 0.1) is 19.7 Å². The van der Waals surface area contributed by atoms with E-state index in [0.717, 1.165) is 15.6 Å². The van der Waals surface area contributed by atoms with E-state index in [1.54, 1.807) is 12.1 Å². The fourth-order valence-corrected chi connectivity index (χ4v) is 3.68. The van der Waals surface area contributed by atoms with E-state index in [9.17, 15) is 4.39 Å². The van der Waals surface area contributed by atoms with Gasteiger partial charge in [-0.3, -0.25) is 0 Å². The van der Waals surface area contributed by atoms with E-state index in [-0.39, 0.29) is 5.82 Å². The average Bonchev–Trinajstić information content (AvgIpc) is 3.33. The second-order valence-electron chi connectivity index (χ2n) is 5.33. The van der Waals surface area contributed by atoms with Crippen molar-refractivity contribution in [1.29, 1.82) is 0 Å². The monoisotopic (exact) mass is 389 g/mol. The Morgan fingerprint density at radius 2 is 1.92 bits per heavy atom. The molecule has 26 heavy (non-hydrogen) atoms. The fourth-order valence-electron chi connectivity index (χ4n) is 2.24. The predicted molar refractivity (Wildman–Crippen MR) is 94.1 cm³/mol. The van der Waals surface area contributed by atoms with Gasteiger partial charge in [0.15, 0.2) is 0 Å². The van der Waals surface area contributed by atoms with Gasteiger partial charge in [-0.05, 0) is 38.1 Å². The Bertz CT molecular complexity index is 1040. The van der Waals surface area contributed by atoms with E-state index in [2.05, 4.69) is 25.3 Å². The van der Waals surface area contributed by atoms with Crippen LogP contribution in [0.3, 0.4) is 0 Å². The van der Waals surface area contributed by atoms with E-state index < -0.39 is 0 Å². The first-order valence-electron chi connectivity index (χ1n) is 7.58. The van der Waals surface area contributed by atoms with Gasteiger partial charge in [-0.25, -0.2) is 9.37 Å². The van der Waals surface area contributed by atoms with Gasteiger partial charge in [0, 0.05) is 5.56 Å². The first kappa shape index (κ1) is 16.9. The molecule has 0 atom stereocenters. The van der Waals surface area contributed by atoms with Gasteiger partial charge < -0.3 is 8.94 Å². The largest absolute Gasteiger partial charge is 0.410 e. The van der Waals surface area contributed by atoms with Crippen molar-refractivity contribution in [2.24, 2.45) is 0 Å². The molecule has 132 valence electrons. The summed E-state index contributed by atoms with van der Waals surface area (Å²) in [5.41, 5.74) is 1.55. The summed E-state index contributed by atoms with van der Waals surface area (Å²) in [5.74, 6) is 1.34. The maximum atomic E-state index is 13.0. The molecule has 0 amide bonds. The Morgan fingerprint density at radius 1 is 1.12 bits per heavy atom. The van der Waals surface area contributed by atoms with E-state index in [1.165, 1.54) is 35.2 Å². The molecule has 0 radical (unpaired) electrons. The first-order chi connectivity index (χ1) is 12.6. The topological polar surface area (TPSA) is 90.7 Å². The van der Waals surface area contributed by atoms with Crippen molar-refractivity contribution in [3.63, 3.8) is 0 Å². The van der Waals surface area contributed by atoms with Crippen LogP contribution >= 0.6 is 23.1 Å². The van der Waals surface area contributed by atoms with Gasteiger partial charge >= 0.3 is 0 Å². The predicted octanol–water partition coefficient (Wildman–Crippen LogP) is 4.29. The number of hydrogen-bond acceptors (Lipinski definition) is 9. The van der Waals surface area contributed by atoms with Gasteiger partial charge in [-0.1, -0.05) is 16.9 Å². The summed E-state index contributed by atoms with van der Waals surface area (Å²) in [4.78, 5) is 9.52. The van der Waals surface area contributed by atoms with Crippen molar-refractivity contribution in [2.75, 3.05) is 0 Å². The van der Waals surface area contributed by atoms with Crippen molar-refractivity contribution in [2.45, 2.75) is 24.8 Å². The van der Waals surface area contributed by atoms with Crippen LogP contribution in [-0.2, 0) is 5.75 Å². The highest BCUT2D eigenvalue weighted by atomic mass is 32.2. The van der Waals surface area contributed by atoms with E-state index >= 15 is 0 Å². The van der Waals surface area contributed by atoms with Crippen molar-refractivity contribution in [3.8, 4) is 22.2 Å². The highest BCUT2D eigenvalue weighted by Crippen LogP contribution is 2.31. The molecule has 7 nitrogen and oxygen atoms in total. The third-order valence-corrected chi connectivity index (χ3v) is 5.26. The Kier molecular flexibility index (Phi) is 4.51. The number of hydrogen-bond donors (Lipinski definition) is 0. The SMILES string of the molecule is Cc1nc(C)c(-c2nnc(SCc3nc(-c4ccc(F)cc4)no3)o2)s1. The van der Waals surface area contributed by atoms with Crippen LogP contribution in [-0.4, -0.2) is 25.3 Å². The van der Waals surface area contributed by atoms with Crippen LogP contribution in [0.1, 0.15) is 16.6 Å². The molecule has 10 heteroatoms. The molecule has 4 aromatic rings. The molecule has 0 saturated carbocycles. The Morgan fingerprint density at radius 3 is 2.65 bits per heavy atom. The number of aromatic nitrogens is 5. The van der Waals surface area contributed by atoms with Gasteiger partial charge in [-0.15, -0.1) is 21.5 Å². The summed E-state index contributed by atoms with van der Waals surface area (Å²) in [6.45, 7) is 3.84. The third kappa shape index (κ3) is 3.51. The summed E-state index contributed by atoms with van der Waals surface area (Å²) in [6, 6.07) is 5.90. The highest BCUT2D eigenvalue weighted by molar-refractivity contribution is 7.98. The molecular weight excluding hydrogens is 377 g/mol. The number of halogens is 1. The summed E-state index contributed by atoms with van der Waals surface area (Å²) >= 11 is 2.81. The molecule has 0 spiro atoms. The Balaban J connectivity index is 1.43. The van der Waals surface area contributed by atoms with Crippen molar-refractivity contribution < 1.29 is 13.3 Å². The second kappa shape index (κ2) is 6.96. The van der Waals surface area contributed by atoms with Crippen LogP contribution < -0.4 is 0 Å². The number of benzene rings is 1. The minimum absolute atomic E-state index is 0.313. The van der Waals surface area contributed by atoms with Crippen molar-refractivity contribution >= 4 is 23.1 Å². The third-order valence-electron chi connectivity index (χ3n) is 3.39. The van der Waals surface area contributed by atoms with Crippen LogP contribution in [0.5, 0.6) is 0 Å². The number of rotatable bonds is 5. The van der Waals surface area contributed by atoms with Gasteiger partial charge in [0.05, 0.1) is 16.5 Å². The maximum Gasteiger partial charge on any atom is 0.277 e. The minimum Gasteiger partial charge on any atom is -0.410 e. The second-order valence-corrected chi connectivity index (χ2v) is 7.46. The molecule has 0 aliphatic rings. The standard InChI is InChI=1S/C16H12FN5O2S2/c1-8-13(26-9(2)18-8)15-20-21-16(23-15)25-7-12-19-14(22-24-12)10-3-5-11(17)6-4-10/h3-6H,7H2,1-2H3. The van der Waals surface area contributed by atoms with Crippen LogP contribution in [0.4, 0.5) is 4.39 Å². The molecule has 3 aromatic heterocycles. The van der Waals surface area contributed by atoms with E-state index in [1.807, 2.05) is 13.8 Å². The average molecular weight is 389 g/mol. The lowest BCUT2D eigenvalue weighted by Crippen LogP contribution is -1.83. The van der Waals surface area contributed by atoms with Gasteiger partial charge in [0.1, 0.15) is 10.7 Å².